The topological polar surface area (TPSA) is 44.8 Å². The third-order valence-corrected chi connectivity index (χ3v) is 6.56. The van der Waals surface area contributed by atoms with Crippen molar-refractivity contribution in [1.29, 1.82) is 0 Å². The molecule has 37 heavy (non-hydrogen) atoms. The van der Waals surface area contributed by atoms with Gasteiger partial charge in [0.1, 0.15) is 11.7 Å². The number of halogens is 2. The molecular weight excluding hydrogens is 474 g/mol. The Hall–Kier alpha value is -3.87. The highest BCUT2D eigenvalue weighted by atomic mass is 19.3. The van der Waals surface area contributed by atoms with Gasteiger partial charge in [-0.1, -0.05) is 109 Å². The highest BCUT2D eigenvalue weighted by Gasteiger charge is 2.57. The predicted octanol–water partition coefficient (Wildman–Crippen LogP) is 6.25. The predicted molar refractivity (Wildman–Crippen MR) is 135 cm³/mol. The summed E-state index contributed by atoms with van der Waals surface area (Å²) in [5.74, 6) is -4.26. The van der Waals surface area contributed by atoms with E-state index in [1.807, 2.05) is 91.0 Å². The third kappa shape index (κ3) is 4.90. The first kappa shape index (κ1) is 24.8. The van der Waals surface area contributed by atoms with E-state index in [0.29, 0.717) is 0 Å². The fraction of sp³-hybridized carbons (Fsp3) is 0.194. The minimum atomic E-state index is -3.44. The molecular formula is C31H26F2O4. The summed E-state index contributed by atoms with van der Waals surface area (Å²) in [7, 11) is 0. The fourth-order valence-corrected chi connectivity index (χ4v) is 4.65. The van der Waals surface area contributed by atoms with Crippen molar-refractivity contribution < 1.29 is 27.8 Å². The lowest BCUT2D eigenvalue weighted by atomic mass is 9.80. The highest BCUT2D eigenvalue weighted by Crippen LogP contribution is 2.42. The first-order valence-corrected chi connectivity index (χ1v) is 12.1. The minimum absolute atomic E-state index is 0.203. The summed E-state index contributed by atoms with van der Waals surface area (Å²) >= 11 is 0. The van der Waals surface area contributed by atoms with E-state index >= 15 is 8.78 Å². The molecule has 1 fully saturated rings. The molecule has 0 unspecified atom stereocenters. The van der Waals surface area contributed by atoms with Gasteiger partial charge in [-0.25, -0.2) is 4.79 Å². The Balaban J connectivity index is 1.44. The van der Waals surface area contributed by atoms with Crippen LogP contribution in [0, 0.1) is 0 Å². The number of hydrogen-bond acceptors (Lipinski definition) is 4. The first-order valence-electron chi connectivity index (χ1n) is 12.1. The SMILES string of the molecule is O=C(O[C@@H]1CO[C@H](COC(c2ccccc2)(c2ccccc2)c2ccccc2)C1(F)F)c1ccccc1. The van der Waals surface area contributed by atoms with Crippen LogP contribution in [-0.4, -0.2) is 37.3 Å². The highest BCUT2D eigenvalue weighted by molar-refractivity contribution is 5.89. The molecule has 0 aromatic heterocycles. The average molecular weight is 501 g/mol. The fourth-order valence-electron chi connectivity index (χ4n) is 4.65. The lowest BCUT2D eigenvalue weighted by Crippen LogP contribution is -2.45. The van der Waals surface area contributed by atoms with Crippen LogP contribution >= 0.6 is 0 Å². The van der Waals surface area contributed by atoms with Crippen LogP contribution < -0.4 is 0 Å². The van der Waals surface area contributed by atoms with E-state index in [2.05, 4.69) is 0 Å². The van der Waals surface area contributed by atoms with E-state index < -0.39 is 42.9 Å². The summed E-state index contributed by atoms with van der Waals surface area (Å²) in [5, 5.41) is 0. The molecule has 4 nitrogen and oxygen atoms in total. The third-order valence-electron chi connectivity index (χ3n) is 6.56. The maximum absolute atomic E-state index is 15.4. The van der Waals surface area contributed by atoms with Gasteiger partial charge in [-0.2, -0.15) is 8.78 Å². The monoisotopic (exact) mass is 500 g/mol. The molecule has 1 saturated heterocycles. The Kier molecular flexibility index (Phi) is 7.12. The molecule has 188 valence electrons. The number of carbonyl (C=O) groups excluding carboxylic acids is 1. The Morgan fingerprint density at radius 1 is 0.757 bits per heavy atom. The van der Waals surface area contributed by atoms with Crippen molar-refractivity contribution in [3.63, 3.8) is 0 Å². The first-order chi connectivity index (χ1) is 18.0. The van der Waals surface area contributed by atoms with Gasteiger partial charge in [0.25, 0.3) is 0 Å². The molecule has 4 aromatic carbocycles. The Labute approximate surface area is 214 Å². The number of ether oxygens (including phenoxy) is 3. The van der Waals surface area contributed by atoms with Gasteiger partial charge >= 0.3 is 11.9 Å². The lowest BCUT2D eigenvalue weighted by molar-refractivity contribution is -0.146. The zero-order valence-corrected chi connectivity index (χ0v) is 20.0. The standard InChI is InChI=1S/C31H26F2O4/c32-31(33)27(35-21-28(31)37-29(34)23-13-5-1-6-14-23)22-36-30(24-15-7-2-8-16-24,25-17-9-3-10-18-25)26-19-11-4-12-20-26/h1-20,27-28H,21-22H2/t27-,28-/m1/s1. The van der Waals surface area contributed by atoms with Gasteiger partial charge in [0.2, 0.25) is 0 Å². The van der Waals surface area contributed by atoms with E-state index in [9.17, 15) is 4.79 Å². The van der Waals surface area contributed by atoms with E-state index in [0.717, 1.165) is 16.7 Å². The van der Waals surface area contributed by atoms with Crippen LogP contribution in [0.2, 0.25) is 0 Å². The quantitative estimate of drug-likeness (QED) is 0.212. The summed E-state index contributed by atoms with van der Waals surface area (Å²) in [4.78, 5) is 12.4. The summed E-state index contributed by atoms with van der Waals surface area (Å²) in [6.45, 7) is -0.848. The second-order valence-corrected chi connectivity index (χ2v) is 8.85. The lowest BCUT2D eigenvalue weighted by Gasteiger charge is -2.37. The molecule has 1 aliphatic heterocycles. The summed E-state index contributed by atoms with van der Waals surface area (Å²) in [5.41, 5.74) is 1.42. The van der Waals surface area contributed by atoms with Crippen LogP contribution in [0.4, 0.5) is 8.78 Å². The molecule has 2 atom stereocenters. The van der Waals surface area contributed by atoms with Gasteiger partial charge < -0.3 is 14.2 Å². The average Bonchev–Trinajstić information content (AvgIpc) is 3.23. The number of rotatable bonds is 8. The van der Waals surface area contributed by atoms with Gasteiger partial charge in [0.05, 0.1) is 18.8 Å². The van der Waals surface area contributed by atoms with E-state index in [1.54, 1.807) is 18.2 Å². The van der Waals surface area contributed by atoms with E-state index in [4.69, 9.17) is 14.2 Å². The van der Waals surface area contributed by atoms with Crippen molar-refractivity contribution in [2.75, 3.05) is 13.2 Å². The number of hydrogen-bond donors (Lipinski definition) is 0. The Morgan fingerprint density at radius 2 is 1.19 bits per heavy atom. The zero-order chi connectivity index (χ0) is 25.7. The molecule has 0 spiro atoms. The largest absolute Gasteiger partial charge is 0.450 e. The molecule has 5 rings (SSSR count). The summed E-state index contributed by atoms with van der Waals surface area (Å²) in [6, 6.07) is 36.6. The van der Waals surface area contributed by atoms with E-state index in [-0.39, 0.29) is 5.56 Å². The number of alkyl halides is 2. The second-order valence-electron chi connectivity index (χ2n) is 8.85. The molecule has 0 N–H and O–H groups in total. The van der Waals surface area contributed by atoms with Crippen LogP contribution in [0.1, 0.15) is 27.0 Å². The maximum atomic E-state index is 15.4. The van der Waals surface area contributed by atoms with Crippen molar-refractivity contribution in [3.05, 3.63) is 144 Å². The minimum Gasteiger partial charge on any atom is -0.450 e. The van der Waals surface area contributed by atoms with Gasteiger partial charge in [0.15, 0.2) is 6.10 Å². The van der Waals surface area contributed by atoms with Crippen LogP contribution in [0.3, 0.4) is 0 Å². The van der Waals surface area contributed by atoms with Crippen molar-refractivity contribution in [3.8, 4) is 0 Å². The van der Waals surface area contributed by atoms with Crippen molar-refractivity contribution in [2.45, 2.75) is 23.7 Å². The maximum Gasteiger partial charge on any atom is 0.338 e. The number of carbonyl (C=O) groups is 1. The molecule has 0 aliphatic carbocycles. The number of esters is 1. The van der Waals surface area contributed by atoms with Gasteiger partial charge in [-0.3, -0.25) is 0 Å². The molecule has 0 radical (unpaired) electrons. The van der Waals surface area contributed by atoms with Crippen molar-refractivity contribution >= 4 is 5.97 Å². The van der Waals surface area contributed by atoms with Crippen molar-refractivity contribution in [1.82, 2.24) is 0 Å². The molecule has 6 heteroatoms. The molecule has 0 bridgehead atoms. The van der Waals surface area contributed by atoms with Gasteiger partial charge in [-0.05, 0) is 28.8 Å². The van der Waals surface area contributed by atoms with Gasteiger partial charge in [0, 0.05) is 0 Å². The summed E-state index contributed by atoms with van der Waals surface area (Å²) < 4.78 is 48.0. The number of benzene rings is 4. The van der Waals surface area contributed by atoms with Crippen molar-refractivity contribution in [2.24, 2.45) is 0 Å². The smallest absolute Gasteiger partial charge is 0.338 e. The second kappa shape index (κ2) is 10.6. The Bertz CT molecular complexity index is 1200. The summed E-state index contributed by atoms with van der Waals surface area (Å²) in [6.07, 6.45) is -3.31. The van der Waals surface area contributed by atoms with Gasteiger partial charge in [-0.15, -0.1) is 0 Å². The molecule has 4 aromatic rings. The zero-order valence-electron chi connectivity index (χ0n) is 20.0. The molecule has 1 aliphatic rings. The molecule has 1 heterocycles. The molecule has 0 amide bonds. The van der Waals surface area contributed by atoms with Crippen LogP contribution in [0.5, 0.6) is 0 Å². The van der Waals surface area contributed by atoms with Crippen LogP contribution in [0.25, 0.3) is 0 Å². The van der Waals surface area contributed by atoms with Crippen LogP contribution in [-0.2, 0) is 19.8 Å². The molecule has 0 saturated carbocycles. The normalized spacial score (nSPS) is 18.9. The van der Waals surface area contributed by atoms with E-state index in [1.165, 1.54) is 12.1 Å². The Morgan fingerprint density at radius 3 is 1.65 bits per heavy atom. The van der Waals surface area contributed by atoms with Crippen LogP contribution in [0.15, 0.2) is 121 Å².